The number of rotatable bonds is 2. The number of halogens is 1. The van der Waals surface area contributed by atoms with Gasteiger partial charge in [0.25, 0.3) is 0 Å². The van der Waals surface area contributed by atoms with Crippen LogP contribution in [0.1, 0.15) is 19.4 Å². The van der Waals surface area contributed by atoms with E-state index in [9.17, 15) is 9.18 Å². The summed E-state index contributed by atoms with van der Waals surface area (Å²) in [7, 11) is 0. The molecule has 1 aliphatic heterocycles. The van der Waals surface area contributed by atoms with Crippen LogP contribution in [0.25, 0.3) is 0 Å². The van der Waals surface area contributed by atoms with Crippen molar-refractivity contribution in [2.45, 2.75) is 20.3 Å². The lowest BCUT2D eigenvalue weighted by atomic mass is 9.88. The Labute approximate surface area is 94.4 Å². The maximum Gasteiger partial charge on any atom is 0.142 e. The minimum Gasteiger partial charge on any atom is -0.493 e. The van der Waals surface area contributed by atoms with Gasteiger partial charge in [-0.1, -0.05) is 13.8 Å². The monoisotopic (exact) mass is 222 g/mol. The van der Waals surface area contributed by atoms with Crippen molar-refractivity contribution in [1.82, 2.24) is 0 Å². The second-order valence-corrected chi connectivity index (χ2v) is 4.52. The van der Waals surface area contributed by atoms with Crippen LogP contribution < -0.4 is 4.74 Å². The van der Waals surface area contributed by atoms with E-state index in [0.29, 0.717) is 18.8 Å². The van der Waals surface area contributed by atoms with Crippen LogP contribution in [0.3, 0.4) is 0 Å². The zero-order chi connectivity index (χ0) is 11.7. The number of carbonyl (C=O) groups excluding carboxylic acids is 1. The predicted octanol–water partition coefficient (Wildman–Crippen LogP) is 2.60. The van der Waals surface area contributed by atoms with Gasteiger partial charge < -0.3 is 4.74 Å². The second-order valence-electron chi connectivity index (χ2n) is 4.52. The van der Waals surface area contributed by atoms with E-state index in [2.05, 4.69) is 0 Å². The SMILES string of the molecule is CC(C)C(=O)C1COc2ccc(F)cc2C1. The van der Waals surface area contributed by atoms with E-state index >= 15 is 0 Å². The van der Waals surface area contributed by atoms with Crippen LogP contribution in [0.15, 0.2) is 18.2 Å². The molecule has 0 aliphatic carbocycles. The minimum atomic E-state index is -0.278. The molecule has 1 aromatic rings. The Kier molecular flexibility index (Phi) is 2.95. The fourth-order valence-electron chi connectivity index (χ4n) is 2.02. The second kappa shape index (κ2) is 4.24. The molecule has 2 nitrogen and oxygen atoms in total. The first-order chi connectivity index (χ1) is 7.58. The normalized spacial score (nSPS) is 19.1. The van der Waals surface area contributed by atoms with E-state index in [1.807, 2.05) is 13.8 Å². The molecule has 0 bridgehead atoms. The van der Waals surface area contributed by atoms with Gasteiger partial charge in [0.1, 0.15) is 17.3 Å². The number of hydrogen-bond acceptors (Lipinski definition) is 2. The summed E-state index contributed by atoms with van der Waals surface area (Å²) < 4.78 is 18.5. The fraction of sp³-hybridized carbons (Fsp3) is 0.462. The molecule has 2 rings (SSSR count). The van der Waals surface area contributed by atoms with Crippen molar-refractivity contribution >= 4 is 5.78 Å². The van der Waals surface area contributed by atoms with Crippen LogP contribution >= 0.6 is 0 Å². The van der Waals surface area contributed by atoms with Crippen molar-refractivity contribution in [3.63, 3.8) is 0 Å². The Morgan fingerprint density at radius 3 is 2.94 bits per heavy atom. The Hall–Kier alpha value is -1.38. The molecule has 0 radical (unpaired) electrons. The molecule has 0 fully saturated rings. The van der Waals surface area contributed by atoms with E-state index in [1.165, 1.54) is 12.1 Å². The van der Waals surface area contributed by atoms with Gasteiger partial charge >= 0.3 is 0 Å². The first kappa shape index (κ1) is 11.1. The third-order valence-corrected chi connectivity index (χ3v) is 2.90. The Bertz CT molecular complexity index is 412. The van der Waals surface area contributed by atoms with Crippen LogP contribution in [0.2, 0.25) is 0 Å². The largest absolute Gasteiger partial charge is 0.493 e. The van der Waals surface area contributed by atoms with Crippen molar-refractivity contribution in [2.75, 3.05) is 6.61 Å². The molecule has 1 aromatic carbocycles. The van der Waals surface area contributed by atoms with Gasteiger partial charge in [-0.25, -0.2) is 4.39 Å². The molecule has 1 atom stereocenters. The number of ketones is 1. The Morgan fingerprint density at radius 1 is 1.50 bits per heavy atom. The highest BCUT2D eigenvalue weighted by Crippen LogP contribution is 2.29. The van der Waals surface area contributed by atoms with Gasteiger partial charge in [0.2, 0.25) is 0 Å². The molecule has 1 unspecified atom stereocenters. The quantitative estimate of drug-likeness (QED) is 0.768. The molecule has 86 valence electrons. The zero-order valence-corrected chi connectivity index (χ0v) is 9.50. The number of ether oxygens (including phenoxy) is 1. The molecule has 0 saturated carbocycles. The number of Topliss-reactive ketones (excluding diaryl/α,β-unsaturated/α-hetero) is 1. The predicted molar refractivity (Wildman–Crippen MR) is 58.9 cm³/mol. The molecule has 1 heterocycles. The zero-order valence-electron chi connectivity index (χ0n) is 9.50. The summed E-state index contributed by atoms with van der Waals surface area (Å²) in [6.07, 6.45) is 0.587. The van der Waals surface area contributed by atoms with E-state index in [1.54, 1.807) is 6.07 Å². The molecule has 0 spiro atoms. The molecular formula is C13H15FO2. The molecule has 0 saturated heterocycles. The van der Waals surface area contributed by atoms with Crippen molar-refractivity contribution in [3.8, 4) is 5.75 Å². The van der Waals surface area contributed by atoms with E-state index in [0.717, 1.165) is 5.56 Å². The lowest BCUT2D eigenvalue weighted by Crippen LogP contribution is -2.31. The van der Waals surface area contributed by atoms with Gasteiger partial charge in [0.05, 0.1) is 12.5 Å². The molecule has 3 heteroatoms. The summed E-state index contributed by atoms with van der Waals surface area (Å²) >= 11 is 0. The maximum atomic E-state index is 13.0. The van der Waals surface area contributed by atoms with Gasteiger partial charge in [-0.2, -0.15) is 0 Å². The lowest BCUT2D eigenvalue weighted by Gasteiger charge is -2.25. The van der Waals surface area contributed by atoms with E-state index in [4.69, 9.17) is 4.74 Å². The summed E-state index contributed by atoms with van der Waals surface area (Å²) in [5.74, 6) is 0.488. The van der Waals surface area contributed by atoms with E-state index in [-0.39, 0.29) is 23.4 Å². The number of benzene rings is 1. The molecule has 0 N–H and O–H groups in total. The summed E-state index contributed by atoms with van der Waals surface area (Å²) in [5, 5.41) is 0. The smallest absolute Gasteiger partial charge is 0.142 e. The summed E-state index contributed by atoms with van der Waals surface area (Å²) in [5.41, 5.74) is 0.797. The van der Waals surface area contributed by atoms with Gasteiger partial charge in [-0.05, 0) is 30.2 Å². The van der Waals surface area contributed by atoms with Gasteiger partial charge in [0, 0.05) is 5.92 Å². The van der Waals surface area contributed by atoms with E-state index < -0.39 is 0 Å². The summed E-state index contributed by atoms with van der Waals surface area (Å²) in [4.78, 5) is 11.8. The highest BCUT2D eigenvalue weighted by molar-refractivity contribution is 5.83. The molecule has 0 amide bonds. The van der Waals surface area contributed by atoms with Gasteiger partial charge in [0.15, 0.2) is 0 Å². The Morgan fingerprint density at radius 2 is 2.25 bits per heavy atom. The lowest BCUT2D eigenvalue weighted by molar-refractivity contribution is -0.127. The van der Waals surface area contributed by atoms with Crippen molar-refractivity contribution in [3.05, 3.63) is 29.6 Å². The first-order valence-corrected chi connectivity index (χ1v) is 5.53. The Balaban J connectivity index is 2.20. The van der Waals surface area contributed by atoms with Crippen LogP contribution in [-0.4, -0.2) is 12.4 Å². The summed E-state index contributed by atoms with van der Waals surface area (Å²) in [6, 6.07) is 4.46. The molecule has 0 aromatic heterocycles. The number of hydrogen-bond donors (Lipinski definition) is 0. The average Bonchev–Trinajstić information content (AvgIpc) is 2.26. The van der Waals surface area contributed by atoms with Crippen LogP contribution in [0.5, 0.6) is 5.75 Å². The topological polar surface area (TPSA) is 26.3 Å². The molecule has 16 heavy (non-hydrogen) atoms. The van der Waals surface area contributed by atoms with Crippen molar-refractivity contribution in [1.29, 1.82) is 0 Å². The summed E-state index contributed by atoms with van der Waals surface area (Å²) in [6.45, 7) is 4.17. The highest BCUT2D eigenvalue weighted by Gasteiger charge is 2.27. The van der Waals surface area contributed by atoms with Crippen LogP contribution in [-0.2, 0) is 11.2 Å². The standard InChI is InChI=1S/C13H15FO2/c1-8(2)13(15)10-5-9-6-11(14)3-4-12(9)16-7-10/h3-4,6,8,10H,5,7H2,1-2H3. The van der Waals surface area contributed by atoms with Crippen molar-refractivity contribution in [2.24, 2.45) is 11.8 Å². The fourth-order valence-corrected chi connectivity index (χ4v) is 2.02. The molecule has 1 aliphatic rings. The minimum absolute atomic E-state index is 0.00343. The van der Waals surface area contributed by atoms with Crippen LogP contribution in [0, 0.1) is 17.7 Å². The van der Waals surface area contributed by atoms with Crippen molar-refractivity contribution < 1.29 is 13.9 Å². The number of fused-ring (bicyclic) bond motifs is 1. The highest BCUT2D eigenvalue weighted by atomic mass is 19.1. The first-order valence-electron chi connectivity index (χ1n) is 5.53. The average molecular weight is 222 g/mol. The van der Waals surface area contributed by atoms with Gasteiger partial charge in [-0.15, -0.1) is 0 Å². The maximum absolute atomic E-state index is 13.0. The van der Waals surface area contributed by atoms with Gasteiger partial charge in [-0.3, -0.25) is 4.79 Å². The number of carbonyl (C=O) groups is 1. The van der Waals surface area contributed by atoms with Crippen LogP contribution in [0.4, 0.5) is 4.39 Å². The molecular weight excluding hydrogens is 207 g/mol. The third kappa shape index (κ3) is 2.08. The third-order valence-electron chi connectivity index (χ3n) is 2.90.